The summed E-state index contributed by atoms with van der Waals surface area (Å²) < 4.78 is 28.2. The third-order valence-corrected chi connectivity index (χ3v) is 4.00. The lowest BCUT2D eigenvalue weighted by atomic mass is 10.2. The van der Waals surface area contributed by atoms with Crippen molar-refractivity contribution < 1.29 is 28.6 Å². The third kappa shape index (κ3) is 12.9. The van der Waals surface area contributed by atoms with Gasteiger partial charge in [-0.2, -0.15) is 0 Å². The van der Waals surface area contributed by atoms with Gasteiger partial charge in [0, 0.05) is 17.0 Å². The van der Waals surface area contributed by atoms with E-state index in [9.17, 15) is 10.1 Å². The first-order valence-corrected chi connectivity index (χ1v) is 11.2. The molecule has 0 saturated heterocycles. The monoisotopic (exact) mass is 526 g/mol. The number of ether oxygens (including phenoxy) is 5. The number of nitro benzene ring substituents is 1. The van der Waals surface area contributed by atoms with Gasteiger partial charge >= 0.3 is 0 Å². The molecule has 0 aliphatic heterocycles. The van der Waals surface area contributed by atoms with E-state index in [2.05, 4.69) is 27.9 Å². The molecule has 0 atom stereocenters. The van der Waals surface area contributed by atoms with Crippen molar-refractivity contribution in [2.45, 2.75) is 13.3 Å². The normalized spacial score (nSPS) is 10.8. The molecule has 1 rings (SSSR count). The van der Waals surface area contributed by atoms with Gasteiger partial charge in [-0.25, -0.2) is 0 Å². The molecule has 0 aliphatic carbocycles. The molecule has 0 saturated carbocycles. The summed E-state index contributed by atoms with van der Waals surface area (Å²) in [7, 11) is 0. The molecule has 0 radical (unpaired) electrons. The molecule has 0 fully saturated rings. The molecule has 1 aromatic carbocycles. The molecule has 0 aliphatic rings. The van der Waals surface area contributed by atoms with Crippen LogP contribution in [0.2, 0.25) is 0 Å². The van der Waals surface area contributed by atoms with Gasteiger partial charge < -0.3 is 29.0 Å². The van der Waals surface area contributed by atoms with E-state index in [1.165, 1.54) is 12.1 Å². The van der Waals surface area contributed by atoms with Crippen molar-refractivity contribution in [3.05, 3.63) is 28.3 Å². The molecule has 10 heteroatoms. The van der Waals surface area contributed by atoms with Gasteiger partial charge in [0.1, 0.15) is 12.4 Å². The number of nitrogens with one attached hydrogen (secondary N) is 1. The van der Waals surface area contributed by atoms with Crippen LogP contribution in [-0.2, 0) is 18.9 Å². The summed E-state index contributed by atoms with van der Waals surface area (Å²) in [5.41, 5.74) is 0.732. The number of hydrogen-bond donors (Lipinski definition) is 1. The first-order valence-electron chi connectivity index (χ1n) is 9.71. The fourth-order valence-corrected chi connectivity index (χ4v) is 2.49. The second kappa shape index (κ2) is 17.6. The lowest BCUT2D eigenvalue weighted by Gasteiger charge is -2.13. The Morgan fingerprint density at radius 3 is 2.00 bits per heavy atom. The van der Waals surface area contributed by atoms with Crippen molar-refractivity contribution in [3.8, 4) is 5.75 Å². The zero-order chi connectivity index (χ0) is 21.2. The first kappa shape index (κ1) is 25.8. The minimum Gasteiger partial charge on any atom is -0.489 e. The zero-order valence-corrected chi connectivity index (χ0v) is 19.1. The van der Waals surface area contributed by atoms with Gasteiger partial charge in [0.25, 0.3) is 5.69 Å². The number of alkyl halides is 1. The maximum atomic E-state index is 11.0. The van der Waals surface area contributed by atoms with Crippen molar-refractivity contribution in [1.29, 1.82) is 0 Å². The van der Waals surface area contributed by atoms with Crippen molar-refractivity contribution in [1.82, 2.24) is 0 Å². The number of hydrogen-bond acceptors (Lipinski definition) is 8. The van der Waals surface area contributed by atoms with Crippen LogP contribution in [0.25, 0.3) is 0 Å². The molecule has 1 N–H and O–H groups in total. The van der Waals surface area contributed by atoms with Gasteiger partial charge in [-0.1, -0.05) is 29.5 Å². The van der Waals surface area contributed by atoms with Crippen LogP contribution >= 0.6 is 22.6 Å². The molecule has 0 aromatic heterocycles. The molecule has 166 valence electrons. The lowest BCUT2D eigenvalue weighted by molar-refractivity contribution is -0.384. The van der Waals surface area contributed by atoms with E-state index in [4.69, 9.17) is 23.7 Å². The number of non-ortho nitro benzene ring substituents is 1. The summed E-state index contributed by atoms with van der Waals surface area (Å²) >= 11 is 2.26. The molecular formula is C19H31IN2O7. The minimum absolute atomic E-state index is 0.00449. The first-order chi connectivity index (χ1) is 14.2. The maximum Gasteiger partial charge on any atom is 0.273 e. The highest BCUT2D eigenvalue weighted by atomic mass is 127. The molecule has 0 amide bonds. The quantitative estimate of drug-likeness (QED) is 0.0964. The Balaban J connectivity index is 2.10. The largest absolute Gasteiger partial charge is 0.489 e. The number of anilines is 1. The van der Waals surface area contributed by atoms with Crippen molar-refractivity contribution in [3.63, 3.8) is 0 Å². The molecular weight excluding hydrogens is 495 g/mol. The van der Waals surface area contributed by atoms with Crippen LogP contribution < -0.4 is 10.1 Å². The Morgan fingerprint density at radius 1 is 0.931 bits per heavy atom. The van der Waals surface area contributed by atoms with Crippen LogP contribution in [0.4, 0.5) is 11.4 Å². The molecule has 0 bridgehead atoms. The highest BCUT2D eigenvalue weighted by molar-refractivity contribution is 14.1. The Kier molecular flexibility index (Phi) is 15.7. The van der Waals surface area contributed by atoms with Crippen LogP contribution in [0.15, 0.2) is 18.2 Å². The number of benzene rings is 1. The minimum atomic E-state index is -0.439. The molecule has 1 aromatic rings. The van der Waals surface area contributed by atoms with Crippen LogP contribution in [0, 0.1) is 10.1 Å². The smallest absolute Gasteiger partial charge is 0.273 e. The van der Waals surface area contributed by atoms with Gasteiger partial charge in [0.2, 0.25) is 0 Å². The van der Waals surface area contributed by atoms with Crippen molar-refractivity contribution in [2.75, 3.05) is 75.8 Å². The van der Waals surface area contributed by atoms with Gasteiger partial charge in [-0.05, 0) is 12.5 Å². The number of nitrogens with zero attached hydrogens (tertiary/aromatic N) is 1. The van der Waals surface area contributed by atoms with Gasteiger partial charge in [-0.3, -0.25) is 10.1 Å². The topological polar surface area (TPSA) is 101 Å². The predicted molar refractivity (Wildman–Crippen MR) is 120 cm³/mol. The summed E-state index contributed by atoms with van der Waals surface area (Å²) in [6.07, 6.45) is 0.941. The maximum absolute atomic E-state index is 11.0. The van der Waals surface area contributed by atoms with Crippen molar-refractivity contribution in [2.24, 2.45) is 0 Å². The van der Waals surface area contributed by atoms with Gasteiger partial charge in [0.15, 0.2) is 0 Å². The van der Waals surface area contributed by atoms with Crippen LogP contribution in [0.1, 0.15) is 13.3 Å². The Morgan fingerprint density at radius 2 is 1.48 bits per heavy atom. The summed E-state index contributed by atoms with van der Waals surface area (Å²) in [6, 6.07) is 4.55. The van der Waals surface area contributed by atoms with E-state index >= 15 is 0 Å². The van der Waals surface area contributed by atoms with E-state index in [1.54, 1.807) is 6.07 Å². The number of nitro groups is 1. The molecule has 0 heterocycles. The molecule has 9 nitrogen and oxygen atoms in total. The van der Waals surface area contributed by atoms with Gasteiger partial charge in [-0.15, -0.1) is 0 Å². The van der Waals surface area contributed by atoms with E-state index in [1.807, 2.05) is 6.92 Å². The van der Waals surface area contributed by atoms with E-state index in [-0.39, 0.29) is 5.69 Å². The molecule has 0 spiro atoms. The molecule has 0 unspecified atom stereocenters. The average Bonchev–Trinajstić information content (AvgIpc) is 2.72. The summed E-state index contributed by atoms with van der Waals surface area (Å²) in [5, 5.41) is 14.2. The van der Waals surface area contributed by atoms with E-state index in [0.29, 0.717) is 58.6 Å². The fraction of sp³-hybridized carbons (Fsp3) is 0.684. The summed E-state index contributed by atoms with van der Waals surface area (Å²) in [6.45, 7) is 7.33. The summed E-state index contributed by atoms with van der Waals surface area (Å²) in [4.78, 5) is 10.5. The SMILES string of the molecule is CCCNc1ccc([N+](=O)[O-])cc1OCCOCCOCCOCCOCCI. The van der Waals surface area contributed by atoms with E-state index < -0.39 is 4.92 Å². The zero-order valence-electron chi connectivity index (χ0n) is 16.9. The molecule has 29 heavy (non-hydrogen) atoms. The summed E-state index contributed by atoms with van der Waals surface area (Å²) in [5.74, 6) is 0.451. The number of halogens is 1. The third-order valence-electron chi connectivity index (χ3n) is 3.56. The van der Waals surface area contributed by atoms with Crippen LogP contribution in [-0.4, -0.2) is 75.4 Å². The average molecular weight is 526 g/mol. The predicted octanol–water partition coefficient (Wildman–Crippen LogP) is 3.30. The second-order valence-corrected chi connectivity index (χ2v) is 6.93. The highest BCUT2D eigenvalue weighted by Gasteiger charge is 2.11. The van der Waals surface area contributed by atoms with E-state index in [0.717, 1.165) is 29.7 Å². The van der Waals surface area contributed by atoms with Gasteiger partial charge in [0.05, 0.1) is 69.5 Å². The number of rotatable bonds is 19. The fourth-order valence-electron chi connectivity index (χ4n) is 2.18. The van der Waals surface area contributed by atoms with Crippen LogP contribution in [0.3, 0.4) is 0 Å². The highest BCUT2D eigenvalue weighted by Crippen LogP contribution is 2.29. The Bertz CT molecular complexity index is 563. The lowest BCUT2D eigenvalue weighted by Crippen LogP contribution is -2.14. The second-order valence-electron chi connectivity index (χ2n) is 5.85. The van der Waals surface area contributed by atoms with Crippen LogP contribution in [0.5, 0.6) is 5.75 Å². The van der Waals surface area contributed by atoms with Crippen molar-refractivity contribution >= 4 is 34.0 Å². The standard InChI is InChI=1S/C19H31IN2O7/c1-2-6-21-18-4-3-17(22(23)24)16-19(18)29-15-14-28-13-12-27-11-10-26-9-8-25-7-5-20/h3-4,16,21H,2,5-15H2,1H3. The Hall–Kier alpha value is -1.21. The Labute approximate surface area is 185 Å².